The van der Waals surface area contributed by atoms with E-state index in [0.29, 0.717) is 45.3 Å². The Hall–Kier alpha value is -2.96. The number of carbonyl (C=O) groups is 4. The van der Waals surface area contributed by atoms with Crippen LogP contribution in [0.15, 0.2) is 9.98 Å². The van der Waals surface area contributed by atoms with Crippen LogP contribution in [0.4, 0.5) is 0 Å². The van der Waals surface area contributed by atoms with Gasteiger partial charge in [-0.15, -0.1) is 0 Å². The third kappa shape index (κ3) is 18.9. The first-order chi connectivity index (χ1) is 18.1. The Morgan fingerprint density at radius 3 is 1.79 bits per heavy atom. The number of guanidine groups is 2. The summed E-state index contributed by atoms with van der Waals surface area (Å²) in [6, 6.07) is -2.58. The third-order valence-corrected chi connectivity index (χ3v) is 8.18. The highest BCUT2D eigenvalue weighted by Crippen LogP contribution is 2.35. The van der Waals surface area contributed by atoms with E-state index in [9.17, 15) is 19.2 Å². The lowest BCUT2D eigenvalue weighted by Gasteiger charge is -2.26. The van der Waals surface area contributed by atoms with E-state index in [1.54, 1.807) is 0 Å². The fourth-order valence-electron chi connectivity index (χ4n) is 2.78. The molecule has 0 radical (unpaired) electrons. The van der Waals surface area contributed by atoms with Gasteiger partial charge in [0.05, 0.1) is 18.6 Å². The average Bonchev–Trinajstić information content (AvgIpc) is 2.84. The van der Waals surface area contributed by atoms with Gasteiger partial charge in [-0.05, 0) is 39.5 Å². The van der Waals surface area contributed by atoms with Crippen LogP contribution < -0.4 is 56.1 Å². The maximum atomic E-state index is 12.6. The van der Waals surface area contributed by atoms with E-state index in [1.165, 1.54) is 21.6 Å². The molecular formula is C21H44N12O4S2. The van der Waals surface area contributed by atoms with Gasteiger partial charge in [0.15, 0.2) is 11.9 Å². The summed E-state index contributed by atoms with van der Waals surface area (Å²) in [5.41, 5.74) is 38.1. The summed E-state index contributed by atoms with van der Waals surface area (Å²) in [5.74, 6) is -2.06. The van der Waals surface area contributed by atoms with Crippen LogP contribution in [0.1, 0.15) is 39.5 Å². The lowest BCUT2D eigenvalue weighted by molar-refractivity contribution is -0.130. The molecule has 0 aromatic rings. The van der Waals surface area contributed by atoms with Gasteiger partial charge in [-0.3, -0.25) is 29.2 Å². The zero-order valence-electron chi connectivity index (χ0n) is 22.5. The molecule has 0 saturated heterocycles. The number of carbonyl (C=O) groups excluding carboxylic acids is 4. The van der Waals surface area contributed by atoms with Crippen molar-refractivity contribution in [1.29, 1.82) is 0 Å². The standard InChI is InChI=1S/C21H44N12O4S2/c1-21(2,11-32-16(35)12(22)5-3-7-29-19(25)26)39-38-10-14(18(37)31-9-15(24)34)33-17(36)13(23)6-4-8-30-20(27)28/h12-14H,3-11,22-23H2,1-2H3,(H2,24,34)(H,31,37)(H,32,35)(H,33,36)(H4,25,26,29)(H4,27,28,30). The number of nitrogens with two attached hydrogens (primary N) is 7. The maximum absolute atomic E-state index is 12.6. The largest absolute Gasteiger partial charge is 0.370 e. The number of primary amides is 1. The molecule has 3 atom stereocenters. The summed E-state index contributed by atoms with van der Waals surface area (Å²) in [4.78, 5) is 56.2. The Kier molecular flexibility index (Phi) is 17.7. The summed E-state index contributed by atoms with van der Waals surface area (Å²) in [5, 5.41) is 7.82. The number of hydrogen-bond donors (Lipinski definition) is 10. The number of amides is 4. The van der Waals surface area contributed by atoms with Crippen molar-refractivity contribution in [3.05, 3.63) is 0 Å². The highest BCUT2D eigenvalue weighted by Gasteiger charge is 2.27. The van der Waals surface area contributed by atoms with Crippen LogP contribution in [0.2, 0.25) is 0 Å². The van der Waals surface area contributed by atoms with Crippen molar-refractivity contribution in [3.63, 3.8) is 0 Å². The van der Waals surface area contributed by atoms with E-state index in [-0.39, 0.29) is 30.1 Å². The maximum Gasteiger partial charge on any atom is 0.243 e. The number of nitrogens with zero attached hydrogens (tertiary/aromatic N) is 2. The lowest BCUT2D eigenvalue weighted by atomic mass is 10.1. The first-order valence-corrected chi connectivity index (χ1v) is 14.5. The van der Waals surface area contributed by atoms with E-state index in [0.717, 1.165) is 0 Å². The quantitative estimate of drug-likeness (QED) is 0.0281. The van der Waals surface area contributed by atoms with Gasteiger partial charge in [0, 0.05) is 30.1 Å². The molecule has 0 aliphatic heterocycles. The van der Waals surface area contributed by atoms with Crippen LogP contribution in [0.25, 0.3) is 0 Å². The molecular weight excluding hydrogens is 548 g/mol. The molecule has 0 spiro atoms. The van der Waals surface area contributed by atoms with Crippen molar-refractivity contribution in [1.82, 2.24) is 16.0 Å². The number of aliphatic imine (C=N–C) groups is 2. The predicted molar refractivity (Wildman–Crippen MR) is 157 cm³/mol. The molecule has 0 fully saturated rings. The molecule has 0 aliphatic carbocycles. The summed E-state index contributed by atoms with van der Waals surface area (Å²) in [6.45, 7) is 4.43. The molecule has 0 rings (SSSR count). The fraction of sp³-hybridized carbons (Fsp3) is 0.714. The molecule has 224 valence electrons. The Balaban J connectivity index is 4.84. The normalized spacial score (nSPS) is 13.3. The SMILES string of the molecule is CC(C)(CNC(=O)C(N)CCCN=C(N)N)SSCC(NC(=O)C(N)CCCN=C(N)N)C(=O)NCC(N)=O. The van der Waals surface area contributed by atoms with Gasteiger partial charge in [0.2, 0.25) is 23.6 Å². The molecule has 4 amide bonds. The Morgan fingerprint density at radius 2 is 1.31 bits per heavy atom. The van der Waals surface area contributed by atoms with Crippen LogP contribution in [0.3, 0.4) is 0 Å². The van der Waals surface area contributed by atoms with E-state index >= 15 is 0 Å². The smallest absolute Gasteiger partial charge is 0.243 e. The number of rotatable bonds is 20. The molecule has 39 heavy (non-hydrogen) atoms. The second-order valence-electron chi connectivity index (χ2n) is 9.20. The first kappa shape index (κ1) is 36.0. The van der Waals surface area contributed by atoms with Gasteiger partial charge in [0.1, 0.15) is 6.04 Å². The van der Waals surface area contributed by atoms with Crippen molar-refractivity contribution in [2.24, 2.45) is 50.1 Å². The molecule has 0 aliphatic rings. The second-order valence-corrected chi connectivity index (χ2v) is 12.2. The highest BCUT2D eigenvalue weighted by molar-refractivity contribution is 8.77. The van der Waals surface area contributed by atoms with Gasteiger partial charge in [-0.1, -0.05) is 21.6 Å². The minimum absolute atomic E-state index is 0.0150. The molecule has 0 aromatic carbocycles. The van der Waals surface area contributed by atoms with Gasteiger partial charge in [-0.2, -0.15) is 0 Å². The Labute approximate surface area is 236 Å². The van der Waals surface area contributed by atoms with E-state index in [1.807, 2.05) is 13.8 Å². The molecule has 17 N–H and O–H groups in total. The van der Waals surface area contributed by atoms with Gasteiger partial charge in [0.25, 0.3) is 0 Å². The number of nitrogens with one attached hydrogen (secondary N) is 3. The zero-order valence-corrected chi connectivity index (χ0v) is 24.1. The van der Waals surface area contributed by atoms with Crippen molar-refractivity contribution >= 4 is 57.1 Å². The van der Waals surface area contributed by atoms with Gasteiger partial charge in [-0.25, -0.2) is 0 Å². The molecule has 0 heterocycles. The lowest BCUT2D eigenvalue weighted by Crippen LogP contribution is -2.53. The highest BCUT2D eigenvalue weighted by atomic mass is 33.1. The van der Waals surface area contributed by atoms with Crippen LogP contribution in [-0.2, 0) is 19.2 Å². The van der Waals surface area contributed by atoms with Gasteiger partial charge < -0.3 is 56.1 Å². The van der Waals surface area contributed by atoms with Crippen molar-refractivity contribution in [3.8, 4) is 0 Å². The zero-order chi connectivity index (χ0) is 30.0. The summed E-state index contributed by atoms with van der Waals surface area (Å²) in [7, 11) is 2.71. The van der Waals surface area contributed by atoms with Crippen LogP contribution >= 0.6 is 21.6 Å². The van der Waals surface area contributed by atoms with Crippen LogP contribution in [-0.4, -0.2) is 90.4 Å². The van der Waals surface area contributed by atoms with Crippen molar-refractivity contribution in [2.45, 2.75) is 62.4 Å². The minimum Gasteiger partial charge on any atom is -0.370 e. The molecule has 0 bridgehead atoms. The monoisotopic (exact) mass is 592 g/mol. The van der Waals surface area contributed by atoms with E-state index < -0.39 is 40.6 Å². The topological polar surface area (TPSA) is 311 Å². The molecule has 18 heteroatoms. The minimum atomic E-state index is -0.984. The molecule has 3 unspecified atom stereocenters. The summed E-state index contributed by atoms with van der Waals surface area (Å²) < 4.78 is -0.446. The Bertz CT molecular complexity index is 864. The van der Waals surface area contributed by atoms with Crippen molar-refractivity contribution in [2.75, 3.05) is 31.9 Å². The van der Waals surface area contributed by atoms with E-state index in [2.05, 4.69) is 25.9 Å². The predicted octanol–water partition coefficient (Wildman–Crippen LogP) is -3.89. The molecule has 0 saturated carbocycles. The first-order valence-electron chi connectivity index (χ1n) is 12.2. The molecule has 0 aromatic heterocycles. The van der Waals surface area contributed by atoms with Crippen LogP contribution in [0, 0.1) is 0 Å². The second kappa shape index (κ2) is 19.2. The average molecular weight is 593 g/mol. The van der Waals surface area contributed by atoms with Gasteiger partial charge >= 0.3 is 0 Å². The summed E-state index contributed by atoms with van der Waals surface area (Å²) in [6.07, 6.45) is 1.74. The number of hydrogen-bond acceptors (Lipinski definition) is 10. The molecule has 16 nitrogen and oxygen atoms in total. The summed E-state index contributed by atoms with van der Waals surface area (Å²) >= 11 is 0. The van der Waals surface area contributed by atoms with Crippen LogP contribution in [0.5, 0.6) is 0 Å². The third-order valence-electron chi connectivity index (χ3n) is 4.89. The Morgan fingerprint density at radius 1 is 0.795 bits per heavy atom. The van der Waals surface area contributed by atoms with Crippen molar-refractivity contribution < 1.29 is 19.2 Å². The fourth-order valence-corrected chi connectivity index (χ4v) is 5.42. The van der Waals surface area contributed by atoms with E-state index in [4.69, 9.17) is 40.1 Å².